The molecule has 0 aliphatic heterocycles. The fraction of sp³-hybridized carbons (Fsp3) is 0.0870. The molecule has 6 rings (SSSR count). The van der Waals surface area contributed by atoms with Gasteiger partial charge in [-0.05, 0) is 42.1 Å². The minimum Gasteiger partial charge on any atom is -0.321 e. The Labute approximate surface area is 195 Å². The van der Waals surface area contributed by atoms with Crippen molar-refractivity contribution in [1.29, 1.82) is 0 Å². The van der Waals surface area contributed by atoms with Gasteiger partial charge >= 0.3 is 0 Å². The molecule has 0 amide bonds. The fourth-order valence-electron chi connectivity index (χ4n) is 3.89. The zero-order valence-corrected chi connectivity index (χ0v) is 18.9. The highest BCUT2D eigenvalue weighted by Crippen LogP contribution is 2.32. The van der Waals surface area contributed by atoms with Crippen molar-refractivity contribution < 1.29 is 4.39 Å². The van der Waals surface area contributed by atoms with Gasteiger partial charge in [0.25, 0.3) is 5.56 Å². The van der Waals surface area contributed by atoms with E-state index in [0.717, 1.165) is 16.0 Å². The van der Waals surface area contributed by atoms with E-state index >= 15 is 4.39 Å². The summed E-state index contributed by atoms with van der Waals surface area (Å²) >= 11 is 1.36. The van der Waals surface area contributed by atoms with Crippen molar-refractivity contribution in [2.45, 2.75) is 10.1 Å². The van der Waals surface area contributed by atoms with E-state index in [4.69, 9.17) is 0 Å². The van der Waals surface area contributed by atoms with Gasteiger partial charge in [0.15, 0.2) is 10.8 Å². The monoisotopic (exact) mass is 472 g/mol. The van der Waals surface area contributed by atoms with Crippen LogP contribution in [0.15, 0.2) is 76.2 Å². The summed E-state index contributed by atoms with van der Waals surface area (Å²) in [5.74, 6) is -0.584. The predicted octanol–water partition coefficient (Wildman–Crippen LogP) is 3.66. The van der Waals surface area contributed by atoms with Gasteiger partial charge in [0.05, 0.1) is 23.5 Å². The zero-order valence-electron chi connectivity index (χ0n) is 18.1. The third-order valence-corrected chi connectivity index (χ3v) is 6.48. The van der Waals surface area contributed by atoms with E-state index < -0.39 is 11.4 Å². The van der Waals surface area contributed by atoms with E-state index in [9.17, 15) is 4.79 Å². The number of fused-ring (bicyclic) bond motifs is 2. The topological polar surface area (TPSA) is 98.7 Å². The number of halogens is 1. The van der Waals surface area contributed by atoms with Crippen LogP contribution in [0, 0.1) is 5.82 Å². The van der Waals surface area contributed by atoms with Crippen LogP contribution in [0.3, 0.4) is 0 Å². The minimum atomic E-state index is -0.584. The maximum atomic E-state index is 15.5. The summed E-state index contributed by atoms with van der Waals surface area (Å²) in [7, 11) is 3.59. The summed E-state index contributed by atoms with van der Waals surface area (Å²) in [6.07, 6.45) is 8.77. The molecule has 0 saturated carbocycles. The molecule has 0 bridgehead atoms. The van der Waals surface area contributed by atoms with Crippen molar-refractivity contribution in [2.75, 3.05) is 0 Å². The van der Waals surface area contributed by atoms with E-state index in [2.05, 4.69) is 25.4 Å². The van der Waals surface area contributed by atoms with Crippen LogP contribution >= 0.6 is 11.8 Å². The molecule has 0 aliphatic carbocycles. The van der Waals surface area contributed by atoms with Crippen LogP contribution in [-0.2, 0) is 14.1 Å². The van der Waals surface area contributed by atoms with Gasteiger partial charge in [0.2, 0.25) is 0 Å². The molecule has 0 atom stereocenters. The van der Waals surface area contributed by atoms with E-state index in [1.165, 1.54) is 22.6 Å². The van der Waals surface area contributed by atoms with E-state index in [1.54, 1.807) is 36.3 Å². The fourth-order valence-corrected chi connectivity index (χ4v) is 4.74. The van der Waals surface area contributed by atoms with Crippen LogP contribution in [0.2, 0.25) is 0 Å². The second kappa shape index (κ2) is 7.66. The molecule has 0 aliphatic rings. The number of nitrogens with one attached hydrogen (secondary N) is 1. The number of aromatic nitrogens is 8. The lowest BCUT2D eigenvalue weighted by molar-refractivity contribution is 0.640. The lowest BCUT2D eigenvalue weighted by atomic mass is 10.1. The second-order valence-electron chi connectivity index (χ2n) is 7.89. The van der Waals surface area contributed by atoms with Gasteiger partial charge in [0, 0.05) is 59.7 Å². The molecule has 5 aromatic heterocycles. The lowest BCUT2D eigenvalue weighted by Gasteiger charge is -2.07. The van der Waals surface area contributed by atoms with Crippen molar-refractivity contribution >= 4 is 28.3 Å². The summed E-state index contributed by atoms with van der Waals surface area (Å²) in [6, 6.07) is 9.08. The largest absolute Gasteiger partial charge is 0.321 e. The first-order valence-corrected chi connectivity index (χ1v) is 11.1. The Bertz CT molecular complexity index is 1760. The first-order valence-electron chi connectivity index (χ1n) is 10.3. The smallest absolute Gasteiger partial charge is 0.259 e. The molecule has 0 spiro atoms. The summed E-state index contributed by atoms with van der Waals surface area (Å²) in [4.78, 5) is 16.1. The maximum Gasteiger partial charge on any atom is 0.259 e. The van der Waals surface area contributed by atoms with Crippen LogP contribution in [0.5, 0.6) is 0 Å². The number of hydrogen-bond donors (Lipinski definition) is 1. The Morgan fingerprint density at radius 1 is 0.912 bits per heavy atom. The third-order valence-electron chi connectivity index (χ3n) is 5.53. The number of aromatic amines is 1. The molecule has 11 heteroatoms. The molecule has 1 N–H and O–H groups in total. The van der Waals surface area contributed by atoms with Crippen molar-refractivity contribution in [2.24, 2.45) is 14.1 Å². The van der Waals surface area contributed by atoms with Gasteiger partial charge in [-0.2, -0.15) is 10.2 Å². The van der Waals surface area contributed by atoms with Gasteiger partial charge in [0.1, 0.15) is 5.82 Å². The quantitative estimate of drug-likeness (QED) is 0.420. The number of pyridine rings is 2. The van der Waals surface area contributed by atoms with Gasteiger partial charge in [-0.15, -0.1) is 10.2 Å². The number of nitrogens with zero attached hydrogens (tertiary/aromatic N) is 7. The predicted molar refractivity (Wildman–Crippen MR) is 126 cm³/mol. The molecule has 5 heterocycles. The molecule has 0 radical (unpaired) electrons. The van der Waals surface area contributed by atoms with Crippen molar-refractivity contribution in [1.82, 2.24) is 39.1 Å². The van der Waals surface area contributed by atoms with E-state index in [-0.39, 0.29) is 5.56 Å². The molecule has 168 valence electrons. The second-order valence-corrected chi connectivity index (χ2v) is 8.93. The first kappa shape index (κ1) is 20.4. The Balaban J connectivity index is 1.42. The Morgan fingerprint density at radius 2 is 1.68 bits per heavy atom. The summed E-state index contributed by atoms with van der Waals surface area (Å²) in [5, 5.41) is 17.8. The molecule has 0 saturated heterocycles. The molecule has 9 nitrogen and oxygen atoms in total. The molecule has 6 aromatic rings. The van der Waals surface area contributed by atoms with Gasteiger partial charge in [-0.25, -0.2) is 4.39 Å². The van der Waals surface area contributed by atoms with Gasteiger partial charge in [-0.3, -0.25) is 18.6 Å². The molecule has 0 fully saturated rings. The molecule has 0 unspecified atom stereocenters. The summed E-state index contributed by atoms with van der Waals surface area (Å²) in [6.45, 7) is 0. The Hall–Kier alpha value is -4.25. The molecular formula is C23H17FN8OS. The van der Waals surface area contributed by atoms with Crippen molar-refractivity contribution in [3.05, 3.63) is 77.5 Å². The van der Waals surface area contributed by atoms with Crippen molar-refractivity contribution in [3.8, 4) is 22.3 Å². The van der Waals surface area contributed by atoms with Crippen molar-refractivity contribution in [3.63, 3.8) is 0 Å². The highest BCUT2D eigenvalue weighted by atomic mass is 32.2. The lowest BCUT2D eigenvalue weighted by Crippen LogP contribution is -2.11. The van der Waals surface area contributed by atoms with Crippen LogP contribution in [-0.4, -0.2) is 39.1 Å². The average Bonchev–Trinajstić information content (AvgIpc) is 3.55. The highest BCUT2D eigenvalue weighted by Gasteiger charge is 2.17. The van der Waals surface area contributed by atoms with Crippen LogP contribution in [0.4, 0.5) is 4.39 Å². The summed E-state index contributed by atoms with van der Waals surface area (Å²) in [5.41, 5.74) is 2.98. The molecular weight excluding hydrogens is 455 g/mol. The summed E-state index contributed by atoms with van der Waals surface area (Å²) < 4.78 is 20.6. The third kappa shape index (κ3) is 3.37. The number of rotatable bonds is 4. The first-order chi connectivity index (χ1) is 16.5. The molecule has 1 aromatic carbocycles. The average molecular weight is 473 g/mol. The Morgan fingerprint density at radius 3 is 2.41 bits per heavy atom. The maximum absolute atomic E-state index is 15.5. The number of H-pyrrole nitrogens is 1. The number of benzene rings is 1. The van der Waals surface area contributed by atoms with E-state index in [0.29, 0.717) is 27.3 Å². The number of aryl methyl sites for hydroxylation is 2. The number of hydrogen-bond acceptors (Lipinski definition) is 6. The SMILES string of the molecule is Cn1cc(-c2ccc3nnc(Sc4ccc5[nH]c(=O)c(-c6cnn(C)c6)c(F)c5c4)n3c2)cn1. The zero-order chi connectivity index (χ0) is 23.4. The normalized spacial score (nSPS) is 11.6. The minimum absolute atomic E-state index is 0.0308. The van der Waals surface area contributed by atoms with E-state index in [1.807, 2.05) is 42.0 Å². The standard InChI is InChI=1S/C23H17FN8OS/c1-30-10-14(8-25-30)13-3-6-19-28-29-23(32(19)12-13)34-16-4-5-18-17(7-16)21(24)20(22(33)27-18)15-9-26-31(2)11-15/h3-12H,1-2H3,(H,27,33). The van der Waals surface area contributed by atoms with Gasteiger partial charge < -0.3 is 4.98 Å². The van der Waals surface area contributed by atoms with Crippen LogP contribution in [0.1, 0.15) is 0 Å². The molecule has 34 heavy (non-hydrogen) atoms. The van der Waals surface area contributed by atoms with Crippen LogP contribution in [0.25, 0.3) is 38.8 Å². The Kier molecular flexibility index (Phi) is 4.59. The highest BCUT2D eigenvalue weighted by molar-refractivity contribution is 7.99. The van der Waals surface area contributed by atoms with Gasteiger partial charge in [-0.1, -0.05) is 0 Å². The van der Waals surface area contributed by atoms with Crippen LogP contribution < -0.4 is 5.56 Å².